The number of nitrogens with two attached hydrogens (primary N) is 1. The van der Waals surface area contributed by atoms with Crippen LogP contribution in [0.15, 0.2) is 28.3 Å². The largest absolute Gasteiger partial charge is 0.496 e. The number of ketones is 1. The molecule has 1 heterocycles. The fourth-order valence-corrected chi connectivity index (χ4v) is 5.32. The van der Waals surface area contributed by atoms with E-state index in [1.54, 1.807) is 65.4 Å². The van der Waals surface area contributed by atoms with Crippen molar-refractivity contribution < 1.29 is 27.5 Å². The van der Waals surface area contributed by atoms with Gasteiger partial charge in [-0.15, -0.1) is 0 Å². The van der Waals surface area contributed by atoms with Crippen LogP contribution in [0, 0.1) is 20.8 Å². The van der Waals surface area contributed by atoms with Crippen LogP contribution < -0.4 is 20.5 Å². The Balaban J connectivity index is 2.11. The van der Waals surface area contributed by atoms with Crippen molar-refractivity contribution in [2.45, 2.75) is 70.9 Å². The number of methoxy groups -OCH3 is 1. The van der Waals surface area contributed by atoms with Crippen molar-refractivity contribution in [3.05, 3.63) is 41.0 Å². The molecular weight excluding hydrogens is 512 g/mol. The number of aliphatic imine (C=N–C) groups is 1. The molecule has 4 N–H and O–H groups in total. The van der Waals surface area contributed by atoms with E-state index in [1.165, 1.54) is 13.3 Å². The Morgan fingerprint density at radius 2 is 1.87 bits per heavy atom. The highest BCUT2D eigenvalue weighted by Gasteiger charge is 2.27. The Morgan fingerprint density at radius 1 is 1.21 bits per heavy atom. The second-order valence-electron chi connectivity index (χ2n) is 9.91. The first-order valence-corrected chi connectivity index (χ1v) is 13.5. The number of sulfonamides is 1. The van der Waals surface area contributed by atoms with Crippen molar-refractivity contribution in [2.75, 3.05) is 13.7 Å². The highest BCUT2D eigenvalue weighted by Crippen LogP contribution is 2.30. The standard InChI is InChI=1S/C25H38N6O6S/c1-15-14-19(36-8)16(2)17(3)21(15)38(34,35)30-23(26)28-11-9-10-18(29-24(33)37-25(4,5)6)20(32)22-27-12-13-31(22)7/h12-14,18H,9-11H2,1-8H3,(H,29,33)(H3,26,28,30)/t18-/m0/s1. The van der Waals surface area contributed by atoms with Crippen LogP contribution in [-0.2, 0) is 21.8 Å². The van der Waals surface area contributed by atoms with Crippen LogP contribution in [0.5, 0.6) is 5.75 Å². The minimum Gasteiger partial charge on any atom is -0.496 e. The molecule has 1 aromatic heterocycles. The number of imidazole rings is 1. The zero-order chi connectivity index (χ0) is 28.8. The minimum absolute atomic E-state index is 0.105. The molecule has 0 unspecified atom stereocenters. The van der Waals surface area contributed by atoms with Gasteiger partial charge in [0.1, 0.15) is 11.4 Å². The van der Waals surface area contributed by atoms with Gasteiger partial charge in [-0.3, -0.25) is 9.79 Å². The molecule has 13 heteroatoms. The highest BCUT2D eigenvalue weighted by atomic mass is 32.2. The second kappa shape index (κ2) is 12.3. The third-order valence-electron chi connectivity index (χ3n) is 5.69. The topological polar surface area (TPSA) is 167 Å². The molecule has 0 aliphatic carbocycles. The van der Waals surface area contributed by atoms with Crippen LogP contribution in [0.4, 0.5) is 4.79 Å². The molecule has 12 nitrogen and oxygen atoms in total. The van der Waals surface area contributed by atoms with Gasteiger partial charge in [-0.2, -0.15) is 0 Å². The lowest BCUT2D eigenvalue weighted by Gasteiger charge is -2.23. The molecule has 38 heavy (non-hydrogen) atoms. The van der Waals surface area contributed by atoms with E-state index in [1.807, 2.05) is 0 Å². The molecule has 0 fully saturated rings. The summed E-state index contributed by atoms with van der Waals surface area (Å²) in [5.41, 5.74) is 6.90. The summed E-state index contributed by atoms with van der Waals surface area (Å²) in [7, 11) is -0.803. The number of nitrogens with one attached hydrogen (secondary N) is 2. The number of rotatable bonds is 10. The van der Waals surface area contributed by atoms with Gasteiger partial charge in [-0.05, 0) is 77.1 Å². The fourth-order valence-electron chi connectivity index (χ4n) is 3.84. The molecule has 0 saturated carbocycles. The lowest BCUT2D eigenvalue weighted by Crippen LogP contribution is -2.44. The maximum absolute atomic E-state index is 13.0. The quantitative estimate of drug-likeness (QED) is 0.176. The van der Waals surface area contributed by atoms with Crippen molar-refractivity contribution in [1.82, 2.24) is 19.6 Å². The molecule has 1 amide bonds. The molecular formula is C25H38N6O6S. The number of Topliss-reactive ketones (excluding diaryl/α,β-unsaturated/α-hetero) is 1. The number of benzene rings is 1. The Bertz CT molecular complexity index is 1310. The van der Waals surface area contributed by atoms with Crippen molar-refractivity contribution in [3.8, 4) is 5.75 Å². The van der Waals surface area contributed by atoms with Crippen LogP contribution in [0.3, 0.4) is 0 Å². The van der Waals surface area contributed by atoms with Crippen molar-refractivity contribution in [2.24, 2.45) is 17.8 Å². The van der Waals surface area contributed by atoms with E-state index in [0.717, 1.165) is 0 Å². The van der Waals surface area contributed by atoms with E-state index in [4.69, 9.17) is 15.2 Å². The summed E-state index contributed by atoms with van der Waals surface area (Å²) in [6.07, 6.45) is 2.90. The highest BCUT2D eigenvalue weighted by molar-refractivity contribution is 7.90. The molecule has 0 aliphatic heterocycles. The van der Waals surface area contributed by atoms with E-state index < -0.39 is 27.8 Å². The summed E-state index contributed by atoms with van der Waals surface area (Å²) < 4.78 is 40.5. The van der Waals surface area contributed by atoms with E-state index in [0.29, 0.717) is 28.9 Å². The normalized spacial score (nSPS) is 13.1. The third kappa shape index (κ3) is 7.94. The maximum Gasteiger partial charge on any atom is 0.408 e. The predicted octanol–water partition coefficient (Wildman–Crippen LogP) is 2.50. The fraction of sp³-hybridized carbons (Fsp3) is 0.520. The van der Waals surface area contributed by atoms with Gasteiger partial charge in [0.05, 0.1) is 18.0 Å². The summed E-state index contributed by atoms with van der Waals surface area (Å²) in [6, 6.07) is 0.729. The first-order valence-electron chi connectivity index (χ1n) is 12.1. The minimum atomic E-state index is -4.00. The van der Waals surface area contributed by atoms with Crippen LogP contribution in [0.25, 0.3) is 0 Å². The molecule has 2 aromatic rings. The van der Waals surface area contributed by atoms with E-state index in [9.17, 15) is 18.0 Å². The number of guanidine groups is 1. The molecule has 0 bridgehead atoms. The van der Waals surface area contributed by atoms with Crippen LogP contribution in [0.2, 0.25) is 0 Å². The van der Waals surface area contributed by atoms with E-state index >= 15 is 0 Å². The number of amides is 1. The smallest absolute Gasteiger partial charge is 0.408 e. The van der Waals surface area contributed by atoms with Gasteiger partial charge in [0.2, 0.25) is 11.7 Å². The molecule has 0 aliphatic rings. The van der Waals surface area contributed by atoms with Gasteiger partial charge < -0.3 is 25.1 Å². The number of hydrogen-bond donors (Lipinski definition) is 3. The zero-order valence-corrected chi connectivity index (χ0v) is 24.0. The van der Waals surface area contributed by atoms with Gasteiger partial charge >= 0.3 is 6.09 Å². The van der Waals surface area contributed by atoms with Gasteiger partial charge in [0.15, 0.2) is 5.82 Å². The number of aryl methyl sites for hydroxylation is 2. The Hall–Kier alpha value is -3.61. The van der Waals surface area contributed by atoms with Gasteiger partial charge in [0.25, 0.3) is 10.0 Å². The monoisotopic (exact) mass is 550 g/mol. The summed E-state index contributed by atoms with van der Waals surface area (Å²) in [5.74, 6) is 0.101. The van der Waals surface area contributed by atoms with Gasteiger partial charge in [-0.1, -0.05) is 0 Å². The van der Waals surface area contributed by atoms with E-state index in [-0.39, 0.29) is 35.4 Å². The average Bonchev–Trinajstić information content (AvgIpc) is 3.21. The van der Waals surface area contributed by atoms with Gasteiger partial charge in [0, 0.05) is 26.0 Å². The lowest BCUT2D eigenvalue weighted by atomic mass is 10.1. The molecule has 0 spiro atoms. The first-order chi connectivity index (χ1) is 17.6. The first kappa shape index (κ1) is 30.6. The molecule has 2 rings (SSSR count). The number of nitrogens with zero attached hydrogens (tertiary/aromatic N) is 3. The Kier molecular flexibility index (Phi) is 9.90. The SMILES string of the molecule is COc1cc(C)c(S(=O)(=O)NC(N)=NCCC[C@H](NC(=O)OC(C)(C)C)C(=O)c2nccn2C)c(C)c1C. The summed E-state index contributed by atoms with van der Waals surface area (Å²) >= 11 is 0. The number of carbonyl (C=O) groups is 2. The number of carbonyl (C=O) groups excluding carboxylic acids is 2. The molecule has 210 valence electrons. The summed E-state index contributed by atoms with van der Waals surface area (Å²) in [6.45, 7) is 10.4. The van der Waals surface area contributed by atoms with Crippen molar-refractivity contribution in [1.29, 1.82) is 0 Å². The lowest BCUT2D eigenvalue weighted by molar-refractivity contribution is 0.0487. The Labute approximate surface area is 224 Å². The summed E-state index contributed by atoms with van der Waals surface area (Å²) in [4.78, 5) is 33.6. The third-order valence-corrected chi connectivity index (χ3v) is 7.33. The average molecular weight is 551 g/mol. The van der Waals surface area contributed by atoms with Crippen LogP contribution in [-0.4, -0.2) is 61.1 Å². The second-order valence-corrected chi connectivity index (χ2v) is 11.5. The van der Waals surface area contributed by atoms with Crippen molar-refractivity contribution in [3.63, 3.8) is 0 Å². The van der Waals surface area contributed by atoms with E-state index in [2.05, 4.69) is 20.0 Å². The number of alkyl carbamates (subject to hydrolysis) is 1. The number of hydrogen-bond acceptors (Lipinski definition) is 8. The maximum atomic E-state index is 13.0. The molecule has 0 radical (unpaired) electrons. The molecule has 1 atom stereocenters. The van der Waals surface area contributed by atoms with Crippen molar-refractivity contribution >= 4 is 27.9 Å². The zero-order valence-electron chi connectivity index (χ0n) is 23.2. The predicted molar refractivity (Wildman–Crippen MR) is 144 cm³/mol. The molecule has 0 saturated heterocycles. The van der Waals surface area contributed by atoms with Crippen LogP contribution >= 0.6 is 0 Å². The molecule has 1 aromatic carbocycles. The Morgan fingerprint density at radius 3 is 2.42 bits per heavy atom. The summed E-state index contributed by atoms with van der Waals surface area (Å²) in [5, 5.41) is 2.60. The van der Waals surface area contributed by atoms with Crippen LogP contribution in [0.1, 0.15) is 60.9 Å². The number of aromatic nitrogens is 2. The number of ether oxygens (including phenoxy) is 2. The van der Waals surface area contributed by atoms with Gasteiger partial charge in [-0.25, -0.2) is 22.9 Å².